The number of piperidine rings is 1. The smallest absolute Gasteiger partial charge is 0.211 e. The first kappa shape index (κ1) is 17.9. The van der Waals surface area contributed by atoms with Crippen LogP contribution in [0.4, 0.5) is 0 Å². The van der Waals surface area contributed by atoms with Crippen LogP contribution in [0.25, 0.3) is 0 Å². The van der Waals surface area contributed by atoms with Crippen molar-refractivity contribution < 1.29 is 8.42 Å². The highest BCUT2D eigenvalue weighted by atomic mass is 32.2. The van der Waals surface area contributed by atoms with Gasteiger partial charge in [0.05, 0.1) is 5.75 Å². The predicted octanol–water partition coefficient (Wildman–Crippen LogP) is 1.03. The van der Waals surface area contributed by atoms with Crippen LogP contribution in [-0.4, -0.2) is 58.8 Å². The minimum Gasteiger partial charge on any atom is -0.317 e. The Balaban J connectivity index is 2.11. The van der Waals surface area contributed by atoms with Gasteiger partial charge in [-0.1, -0.05) is 6.92 Å². The molecule has 1 aliphatic rings. The van der Waals surface area contributed by atoms with Gasteiger partial charge in [0, 0.05) is 13.1 Å². The highest BCUT2D eigenvalue weighted by Crippen LogP contribution is 2.14. The Bertz CT molecular complexity index is 346. The number of rotatable bonds is 10. The first-order valence-electron chi connectivity index (χ1n) is 7.90. The monoisotopic (exact) mass is 305 g/mol. The Morgan fingerprint density at radius 2 is 2.05 bits per heavy atom. The van der Waals surface area contributed by atoms with E-state index in [-0.39, 0.29) is 5.75 Å². The van der Waals surface area contributed by atoms with Crippen LogP contribution in [0.15, 0.2) is 0 Å². The highest BCUT2D eigenvalue weighted by Gasteiger charge is 2.19. The van der Waals surface area contributed by atoms with Gasteiger partial charge in [0.25, 0.3) is 0 Å². The Kier molecular flexibility index (Phi) is 8.68. The maximum atomic E-state index is 11.9. The van der Waals surface area contributed by atoms with Gasteiger partial charge in [0.15, 0.2) is 0 Å². The van der Waals surface area contributed by atoms with E-state index in [4.69, 9.17) is 0 Å². The standard InChI is InChI=1S/C14H31N3O2S/c1-3-8-15-9-4-5-11-20(18,19)16-12-14-7-6-10-17(2)13-14/h14-16H,3-13H2,1-2H3. The van der Waals surface area contributed by atoms with Crippen molar-refractivity contribution in [1.29, 1.82) is 0 Å². The summed E-state index contributed by atoms with van der Waals surface area (Å²) in [6.45, 7) is 6.79. The van der Waals surface area contributed by atoms with Crippen molar-refractivity contribution in [1.82, 2.24) is 14.9 Å². The van der Waals surface area contributed by atoms with Gasteiger partial charge >= 0.3 is 0 Å². The van der Waals surface area contributed by atoms with Crippen molar-refractivity contribution in [2.45, 2.75) is 39.0 Å². The summed E-state index contributed by atoms with van der Waals surface area (Å²) in [5.74, 6) is 0.721. The Morgan fingerprint density at radius 1 is 1.25 bits per heavy atom. The summed E-state index contributed by atoms with van der Waals surface area (Å²) in [5.41, 5.74) is 0. The molecule has 1 rings (SSSR count). The van der Waals surface area contributed by atoms with Crippen molar-refractivity contribution in [3.8, 4) is 0 Å². The fraction of sp³-hybridized carbons (Fsp3) is 1.00. The van der Waals surface area contributed by atoms with Crippen LogP contribution < -0.4 is 10.0 Å². The zero-order valence-electron chi connectivity index (χ0n) is 13.0. The summed E-state index contributed by atoms with van der Waals surface area (Å²) in [4.78, 5) is 2.28. The lowest BCUT2D eigenvalue weighted by Crippen LogP contribution is -2.39. The molecule has 0 bridgehead atoms. The van der Waals surface area contributed by atoms with E-state index in [2.05, 4.69) is 28.9 Å². The van der Waals surface area contributed by atoms with Crippen LogP contribution in [0.2, 0.25) is 0 Å². The van der Waals surface area contributed by atoms with Gasteiger partial charge in [-0.3, -0.25) is 0 Å². The maximum Gasteiger partial charge on any atom is 0.211 e. The average molecular weight is 305 g/mol. The quantitative estimate of drug-likeness (QED) is 0.592. The van der Waals surface area contributed by atoms with Crippen LogP contribution in [0.5, 0.6) is 0 Å². The SMILES string of the molecule is CCCNCCCCS(=O)(=O)NCC1CCCN(C)C1. The van der Waals surface area contributed by atoms with E-state index in [0.717, 1.165) is 51.9 Å². The largest absolute Gasteiger partial charge is 0.317 e. The molecule has 0 saturated carbocycles. The summed E-state index contributed by atoms with van der Waals surface area (Å²) in [7, 11) is -0.986. The average Bonchev–Trinajstić information content (AvgIpc) is 2.41. The maximum absolute atomic E-state index is 11.9. The molecule has 120 valence electrons. The zero-order chi connectivity index (χ0) is 14.8. The molecule has 0 aliphatic carbocycles. The van der Waals surface area contributed by atoms with Crippen LogP contribution >= 0.6 is 0 Å². The lowest BCUT2D eigenvalue weighted by Gasteiger charge is -2.29. The third-order valence-electron chi connectivity index (χ3n) is 3.76. The second-order valence-corrected chi connectivity index (χ2v) is 7.82. The van der Waals surface area contributed by atoms with Crippen LogP contribution in [0.3, 0.4) is 0 Å². The molecule has 6 heteroatoms. The second-order valence-electron chi connectivity index (χ2n) is 5.89. The minimum absolute atomic E-state index is 0.253. The van der Waals surface area contributed by atoms with Crippen molar-refractivity contribution in [2.24, 2.45) is 5.92 Å². The normalized spacial score (nSPS) is 21.2. The molecule has 1 saturated heterocycles. The van der Waals surface area contributed by atoms with Gasteiger partial charge in [0.2, 0.25) is 10.0 Å². The third kappa shape index (κ3) is 8.19. The van der Waals surface area contributed by atoms with Gasteiger partial charge in [-0.05, 0) is 64.7 Å². The number of nitrogens with one attached hydrogen (secondary N) is 2. The summed E-state index contributed by atoms with van der Waals surface area (Å²) < 4.78 is 26.6. The van der Waals surface area contributed by atoms with Gasteiger partial charge < -0.3 is 10.2 Å². The van der Waals surface area contributed by atoms with E-state index in [0.29, 0.717) is 12.5 Å². The van der Waals surface area contributed by atoms with Crippen LogP contribution in [0, 0.1) is 5.92 Å². The third-order valence-corrected chi connectivity index (χ3v) is 5.19. The molecule has 1 fully saturated rings. The molecule has 0 radical (unpaired) electrons. The van der Waals surface area contributed by atoms with Crippen molar-refractivity contribution in [2.75, 3.05) is 45.5 Å². The van der Waals surface area contributed by atoms with Crippen LogP contribution in [0.1, 0.15) is 39.0 Å². The molecule has 1 aliphatic heterocycles. The molecule has 0 amide bonds. The molecule has 20 heavy (non-hydrogen) atoms. The number of likely N-dealkylation sites (tertiary alicyclic amines) is 1. The Labute approximate surface area is 124 Å². The van der Waals surface area contributed by atoms with Crippen molar-refractivity contribution in [3.63, 3.8) is 0 Å². The van der Waals surface area contributed by atoms with E-state index in [1.165, 1.54) is 6.42 Å². The van der Waals surface area contributed by atoms with Gasteiger partial charge in [-0.2, -0.15) is 0 Å². The van der Waals surface area contributed by atoms with Gasteiger partial charge in [0.1, 0.15) is 0 Å². The molecule has 1 heterocycles. The zero-order valence-corrected chi connectivity index (χ0v) is 13.8. The number of unbranched alkanes of at least 4 members (excludes halogenated alkanes) is 1. The van der Waals surface area contributed by atoms with E-state index >= 15 is 0 Å². The Morgan fingerprint density at radius 3 is 2.75 bits per heavy atom. The predicted molar refractivity (Wildman–Crippen MR) is 84.4 cm³/mol. The fourth-order valence-corrected chi connectivity index (χ4v) is 3.82. The highest BCUT2D eigenvalue weighted by molar-refractivity contribution is 7.89. The van der Waals surface area contributed by atoms with E-state index in [9.17, 15) is 8.42 Å². The molecule has 0 aromatic carbocycles. The second kappa shape index (κ2) is 9.71. The number of nitrogens with zero attached hydrogens (tertiary/aromatic N) is 1. The molecule has 0 aromatic rings. The van der Waals surface area contributed by atoms with Crippen LogP contribution in [-0.2, 0) is 10.0 Å². The Hall–Kier alpha value is -0.170. The topological polar surface area (TPSA) is 61.4 Å². The summed E-state index contributed by atoms with van der Waals surface area (Å²) >= 11 is 0. The molecular weight excluding hydrogens is 274 g/mol. The van der Waals surface area contributed by atoms with Gasteiger partial charge in [-0.15, -0.1) is 0 Å². The molecule has 2 N–H and O–H groups in total. The summed E-state index contributed by atoms with van der Waals surface area (Å²) in [6.07, 6.45) is 5.08. The van der Waals surface area contributed by atoms with Crippen molar-refractivity contribution >= 4 is 10.0 Å². The first-order chi connectivity index (χ1) is 9.53. The molecule has 0 aromatic heterocycles. The lowest BCUT2D eigenvalue weighted by molar-refractivity contribution is 0.211. The van der Waals surface area contributed by atoms with Gasteiger partial charge in [-0.25, -0.2) is 13.1 Å². The minimum atomic E-state index is -3.09. The summed E-state index contributed by atoms with van der Waals surface area (Å²) in [6, 6.07) is 0. The number of hydrogen-bond acceptors (Lipinski definition) is 4. The fourth-order valence-electron chi connectivity index (χ4n) is 2.60. The number of sulfonamides is 1. The van der Waals surface area contributed by atoms with E-state index < -0.39 is 10.0 Å². The summed E-state index contributed by atoms with van der Waals surface area (Å²) in [5, 5.41) is 3.29. The molecule has 1 unspecified atom stereocenters. The van der Waals surface area contributed by atoms with Crippen molar-refractivity contribution in [3.05, 3.63) is 0 Å². The van der Waals surface area contributed by atoms with E-state index in [1.807, 2.05) is 0 Å². The van der Waals surface area contributed by atoms with E-state index in [1.54, 1.807) is 0 Å². The molecule has 0 spiro atoms. The molecule has 1 atom stereocenters. The first-order valence-corrected chi connectivity index (χ1v) is 9.55. The molecular formula is C14H31N3O2S. The lowest BCUT2D eigenvalue weighted by atomic mass is 9.99. The number of hydrogen-bond donors (Lipinski definition) is 2. The molecule has 5 nitrogen and oxygen atoms in total.